The van der Waals surface area contributed by atoms with Crippen LogP contribution in [0, 0.1) is 0 Å². The molecule has 4 rings (SSSR count). The molecular weight excluding hydrogens is 412 g/mol. The zero-order valence-corrected chi connectivity index (χ0v) is 17.9. The first-order valence-electron chi connectivity index (χ1n) is 9.63. The third kappa shape index (κ3) is 3.93. The number of rotatable bonds is 5. The molecule has 29 heavy (non-hydrogen) atoms. The molecule has 1 aliphatic heterocycles. The third-order valence-electron chi connectivity index (χ3n) is 5.45. The van der Waals surface area contributed by atoms with Crippen molar-refractivity contribution in [3.8, 4) is 5.75 Å². The van der Waals surface area contributed by atoms with E-state index in [1.807, 2.05) is 6.07 Å². The zero-order valence-electron chi connectivity index (χ0n) is 16.2. The highest BCUT2D eigenvalue weighted by Gasteiger charge is 2.29. The van der Waals surface area contributed by atoms with Crippen molar-refractivity contribution in [2.24, 2.45) is 0 Å². The summed E-state index contributed by atoms with van der Waals surface area (Å²) in [6.45, 7) is 0.408. The Hall–Kier alpha value is -2.26. The molecule has 2 aromatic rings. The first kappa shape index (κ1) is 20.0. The Labute approximate surface area is 171 Å². The van der Waals surface area contributed by atoms with Gasteiger partial charge in [0.1, 0.15) is 5.75 Å². The molecule has 1 saturated heterocycles. The average molecular weight is 437 g/mol. The maximum atomic E-state index is 12.9. The molecule has 7 nitrogen and oxygen atoms in total. The van der Waals surface area contributed by atoms with Gasteiger partial charge in [0.2, 0.25) is 10.0 Å². The summed E-state index contributed by atoms with van der Waals surface area (Å²) in [5, 5.41) is 0. The standard InChI is InChI=1S/C20H24N2O5S2/c1-27-20-14-17(22-11-4-12-28(22,23)24)8-10-19(20)21-29(25,26)18-9-7-15-5-2-3-6-16(15)13-18/h7-10,13-14,21H,2-6,11-12H2,1H3. The number of sulfonamides is 2. The number of hydrogen-bond acceptors (Lipinski definition) is 5. The fraction of sp³-hybridized carbons (Fsp3) is 0.400. The molecule has 9 heteroatoms. The number of hydrogen-bond donors (Lipinski definition) is 1. The van der Waals surface area contributed by atoms with Crippen LogP contribution in [0.3, 0.4) is 0 Å². The highest BCUT2D eigenvalue weighted by atomic mass is 32.2. The molecule has 1 N–H and O–H groups in total. The molecule has 2 aliphatic rings. The zero-order chi connectivity index (χ0) is 20.6. The summed E-state index contributed by atoms with van der Waals surface area (Å²) in [6.07, 6.45) is 4.64. The summed E-state index contributed by atoms with van der Waals surface area (Å²) in [6, 6.07) is 9.95. The second kappa shape index (κ2) is 7.53. The minimum absolute atomic E-state index is 0.113. The Bertz CT molecular complexity index is 1140. The summed E-state index contributed by atoms with van der Waals surface area (Å²) in [4.78, 5) is 0.214. The van der Waals surface area contributed by atoms with E-state index in [2.05, 4.69) is 4.72 Å². The quantitative estimate of drug-likeness (QED) is 0.778. The summed E-state index contributed by atoms with van der Waals surface area (Å²) < 4.78 is 59.4. The predicted molar refractivity (Wildman–Crippen MR) is 113 cm³/mol. The molecule has 156 valence electrons. The van der Waals surface area contributed by atoms with Crippen LogP contribution in [-0.2, 0) is 32.9 Å². The Kier molecular flexibility index (Phi) is 5.20. The van der Waals surface area contributed by atoms with E-state index in [1.165, 1.54) is 23.0 Å². The molecule has 1 heterocycles. The van der Waals surface area contributed by atoms with E-state index in [4.69, 9.17) is 4.74 Å². The molecular formula is C20H24N2O5S2. The van der Waals surface area contributed by atoms with Gasteiger partial charge in [0.15, 0.2) is 0 Å². The normalized spacial score (nSPS) is 18.3. The highest BCUT2D eigenvalue weighted by molar-refractivity contribution is 7.93. The van der Waals surface area contributed by atoms with Crippen molar-refractivity contribution < 1.29 is 21.6 Å². The smallest absolute Gasteiger partial charge is 0.262 e. The van der Waals surface area contributed by atoms with Crippen molar-refractivity contribution in [2.45, 2.75) is 37.0 Å². The van der Waals surface area contributed by atoms with Gasteiger partial charge in [0.05, 0.1) is 29.1 Å². The predicted octanol–water partition coefficient (Wildman–Crippen LogP) is 2.91. The second-order valence-corrected chi connectivity index (χ2v) is 11.1. The van der Waals surface area contributed by atoms with E-state index >= 15 is 0 Å². The minimum atomic E-state index is -3.80. The molecule has 2 aromatic carbocycles. The Morgan fingerprint density at radius 3 is 2.45 bits per heavy atom. The highest BCUT2D eigenvalue weighted by Crippen LogP contribution is 2.34. The van der Waals surface area contributed by atoms with Crippen molar-refractivity contribution in [2.75, 3.05) is 28.4 Å². The van der Waals surface area contributed by atoms with Crippen LogP contribution in [0.5, 0.6) is 5.75 Å². The van der Waals surface area contributed by atoms with Crippen molar-refractivity contribution in [1.82, 2.24) is 0 Å². The lowest BCUT2D eigenvalue weighted by Crippen LogP contribution is -2.25. The molecule has 0 spiro atoms. The molecule has 0 bridgehead atoms. The van der Waals surface area contributed by atoms with Gasteiger partial charge in [-0.1, -0.05) is 6.07 Å². The fourth-order valence-corrected chi connectivity index (χ4v) is 6.61. The van der Waals surface area contributed by atoms with Crippen LogP contribution in [-0.4, -0.2) is 36.2 Å². The van der Waals surface area contributed by atoms with Crippen LogP contribution >= 0.6 is 0 Å². The van der Waals surface area contributed by atoms with Gasteiger partial charge in [0, 0.05) is 12.6 Å². The topological polar surface area (TPSA) is 92.8 Å². The van der Waals surface area contributed by atoms with E-state index in [0.717, 1.165) is 31.2 Å². The van der Waals surface area contributed by atoms with Crippen molar-refractivity contribution in [3.05, 3.63) is 47.5 Å². The largest absolute Gasteiger partial charge is 0.494 e. The van der Waals surface area contributed by atoms with Gasteiger partial charge in [-0.05, 0) is 67.5 Å². The summed E-state index contributed by atoms with van der Waals surface area (Å²) in [5.74, 6) is 0.383. The van der Waals surface area contributed by atoms with Gasteiger partial charge in [0.25, 0.3) is 10.0 Å². The first-order chi connectivity index (χ1) is 13.8. The maximum absolute atomic E-state index is 12.9. The number of nitrogens with one attached hydrogen (secondary N) is 1. The molecule has 1 fully saturated rings. The number of anilines is 2. The van der Waals surface area contributed by atoms with Gasteiger partial charge in [-0.15, -0.1) is 0 Å². The van der Waals surface area contributed by atoms with Crippen LogP contribution in [0.2, 0.25) is 0 Å². The van der Waals surface area contributed by atoms with Crippen LogP contribution in [0.15, 0.2) is 41.3 Å². The van der Waals surface area contributed by atoms with Crippen LogP contribution in [0.4, 0.5) is 11.4 Å². The van der Waals surface area contributed by atoms with Crippen LogP contribution < -0.4 is 13.8 Å². The van der Waals surface area contributed by atoms with Crippen molar-refractivity contribution in [3.63, 3.8) is 0 Å². The SMILES string of the molecule is COc1cc(N2CCCS2(=O)=O)ccc1NS(=O)(=O)c1ccc2c(c1)CCCC2. The monoisotopic (exact) mass is 436 g/mol. The Balaban J connectivity index is 1.63. The fourth-order valence-electron chi connectivity index (χ4n) is 3.93. The number of benzene rings is 2. The number of fused-ring (bicyclic) bond motifs is 1. The molecule has 1 aliphatic carbocycles. The molecule has 0 atom stereocenters. The average Bonchev–Trinajstić information content (AvgIpc) is 3.06. The van der Waals surface area contributed by atoms with E-state index in [1.54, 1.807) is 24.3 Å². The number of aryl methyl sites for hydroxylation is 2. The number of ether oxygens (including phenoxy) is 1. The molecule has 0 unspecified atom stereocenters. The van der Waals surface area contributed by atoms with Gasteiger partial charge in [-0.25, -0.2) is 16.8 Å². The van der Waals surface area contributed by atoms with Crippen LogP contribution in [0.1, 0.15) is 30.4 Å². The van der Waals surface area contributed by atoms with Crippen LogP contribution in [0.25, 0.3) is 0 Å². The van der Waals surface area contributed by atoms with Gasteiger partial charge < -0.3 is 4.74 Å². The number of methoxy groups -OCH3 is 1. The lowest BCUT2D eigenvalue weighted by Gasteiger charge is -2.20. The number of nitrogens with zero attached hydrogens (tertiary/aromatic N) is 1. The minimum Gasteiger partial charge on any atom is -0.494 e. The van der Waals surface area contributed by atoms with Crippen molar-refractivity contribution in [1.29, 1.82) is 0 Å². The lowest BCUT2D eigenvalue weighted by atomic mass is 9.92. The van der Waals surface area contributed by atoms with Gasteiger partial charge in [-0.2, -0.15) is 0 Å². The van der Waals surface area contributed by atoms with E-state index in [0.29, 0.717) is 18.7 Å². The molecule has 0 radical (unpaired) electrons. The summed E-state index contributed by atoms with van der Waals surface area (Å²) in [5.41, 5.74) is 3.03. The lowest BCUT2D eigenvalue weighted by molar-refractivity contribution is 0.417. The molecule has 0 aromatic heterocycles. The van der Waals surface area contributed by atoms with E-state index in [9.17, 15) is 16.8 Å². The van der Waals surface area contributed by atoms with Crippen molar-refractivity contribution >= 4 is 31.4 Å². The summed E-state index contributed by atoms with van der Waals surface area (Å²) >= 11 is 0. The Morgan fingerprint density at radius 1 is 1.00 bits per heavy atom. The third-order valence-corrected chi connectivity index (χ3v) is 8.68. The van der Waals surface area contributed by atoms with Gasteiger partial charge >= 0.3 is 0 Å². The van der Waals surface area contributed by atoms with E-state index < -0.39 is 20.0 Å². The van der Waals surface area contributed by atoms with Gasteiger partial charge in [-0.3, -0.25) is 9.03 Å². The van der Waals surface area contributed by atoms with E-state index in [-0.39, 0.29) is 22.1 Å². The Morgan fingerprint density at radius 2 is 1.76 bits per heavy atom. The summed E-state index contributed by atoms with van der Waals surface area (Å²) in [7, 11) is -5.70. The molecule has 0 amide bonds. The maximum Gasteiger partial charge on any atom is 0.262 e. The first-order valence-corrected chi connectivity index (χ1v) is 12.7. The molecule has 0 saturated carbocycles. The second-order valence-electron chi connectivity index (χ2n) is 7.37.